The monoisotopic (exact) mass is 311 g/mol. The number of amides is 2. The van der Waals surface area contributed by atoms with Crippen molar-refractivity contribution in [2.45, 2.75) is 32.6 Å². The largest absolute Gasteiger partial charge is 0.326 e. The molecule has 0 radical (unpaired) electrons. The SMILES string of the molecule is Cc1ccc(NC(=O)[C@H]2CC(F)(F)C[C@@H]2C(=O)NN)c(C)c1. The normalized spacial score (nSPS) is 23.1. The summed E-state index contributed by atoms with van der Waals surface area (Å²) in [5, 5.41) is 2.63. The topological polar surface area (TPSA) is 84.2 Å². The summed E-state index contributed by atoms with van der Waals surface area (Å²) in [5.74, 6) is -1.56. The average Bonchev–Trinajstić information content (AvgIpc) is 2.77. The van der Waals surface area contributed by atoms with E-state index in [0.29, 0.717) is 5.69 Å². The number of alkyl halides is 2. The van der Waals surface area contributed by atoms with E-state index in [0.717, 1.165) is 11.1 Å². The first-order valence-corrected chi connectivity index (χ1v) is 7.00. The second-order valence-corrected chi connectivity index (χ2v) is 5.79. The lowest BCUT2D eigenvalue weighted by Crippen LogP contribution is -2.40. The summed E-state index contributed by atoms with van der Waals surface area (Å²) < 4.78 is 27.1. The third kappa shape index (κ3) is 3.41. The van der Waals surface area contributed by atoms with E-state index >= 15 is 0 Å². The second-order valence-electron chi connectivity index (χ2n) is 5.79. The molecule has 5 nitrogen and oxygen atoms in total. The van der Waals surface area contributed by atoms with Gasteiger partial charge in [0.1, 0.15) is 0 Å². The maximum absolute atomic E-state index is 13.6. The Morgan fingerprint density at radius 2 is 1.77 bits per heavy atom. The number of nitrogens with one attached hydrogen (secondary N) is 2. The Bertz CT molecular complexity index is 604. The molecule has 0 aliphatic heterocycles. The van der Waals surface area contributed by atoms with Gasteiger partial charge in [-0.3, -0.25) is 15.0 Å². The van der Waals surface area contributed by atoms with Crippen LogP contribution in [-0.2, 0) is 9.59 Å². The highest BCUT2D eigenvalue weighted by atomic mass is 19.3. The highest BCUT2D eigenvalue weighted by Gasteiger charge is 2.52. The third-order valence-corrected chi connectivity index (χ3v) is 3.98. The van der Waals surface area contributed by atoms with Gasteiger partial charge in [-0.25, -0.2) is 14.6 Å². The zero-order valence-corrected chi connectivity index (χ0v) is 12.5. The Kier molecular flexibility index (Phi) is 4.46. The number of benzene rings is 1. The van der Waals surface area contributed by atoms with Crippen molar-refractivity contribution in [3.8, 4) is 0 Å². The number of hydrogen-bond donors (Lipinski definition) is 3. The molecule has 0 spiro atoms. The fourth-order valence-corrected chi connectivity index (χ4v) is 2.85. The molecule has 0 saturated heterocycles. The van der Waals surface area contributed by atoms with Gasteiger partial charge in [0.2, 0.25) is 17.7 Å². The number of hydrogen-bond acceptors (Lipinski definition) is 3. The van der Waals surface area contributed by atoms with Gasteiger partial charge >= 0.3 is 0 Å². The molecule has 7 heteroatoms. The molecule has 4 N–H and O–H groups in total. The molecule has 1 aliphatic rings. The molecule has 1 aromatic carbocycles. The van der Waals surface area contributed by atoms with E-state index in [2.05, 4.69) is 5.32 Å². The van der Waals surface area contributed by atoms with Crippen LogP contribution in [0.2, 0.25) is 0 Å². The summed E-state index contributed by atoms with van der Waals surface area (Å²) in [4.78, 5) is 23.9. The number of hydrazine groups is 1. The van der Waals surface area contributed by atoms with Crippen LogP contribution in [0.5, 0.6) is 0 Å². The molecule has 0 bridgehead atoms. The lowest BCUT2D eigenvalue weighted by Gasteiger charge is -2.17. The summed E-state index contributed by atoms with van der Waals surface area (Å²) in [7, 11) is 0. The van der Waals surface area contributed by atoms with Crippen molar-refractivity contribution in [1.29, 1.82) is 0 Å². The molecule has 1 aliphatic carbocycles. The first-order chi connectivity index (χ1) is 10.2. The van der Waals surface area contributed by atoms with Gasteiger partial charge < -0.3 is 5.32 Å². The molecule has 2 atom stereocenters. The van der Waals surface area contributed by atoms with Crippen LogP contribution in [0, 0.1) is 25.7 Å². The Morgan fingerprint density at radius 3 is 2.32 bits per heavy atom. The minimum absolute atomic E-state index is 0.553. The zero-order chi connectivity index (χ0) is 16.5. The van der Waals surface area contributed by atoms with Gasteiger partial charge in [0.15, 0.2) is 0 Å². The van der Waals surface area contributed by atoms with E-state index in [1.54, 1.807) is 6.07 Å². The summed E-state index contributed by atoms with van der Waals surface area (Å²) in [6.45, 7) is 3.73. The minimum Gasteiger partial charge on any atom is -0.326 e. The maximum Gasteiger partial charge on any atom is 0.249 e. The molecule has 120 valence electrons. The molecule has 1 fully saturated rings. The molecule has 0 aromatic heterocycles. The van der Waals surface area contributed by atoms with Crippen LogP contribution in [0.25, 0.3) is 0 Å². The van der Waals surface area contributed by atoms with Crippen LogP contribution >= 0.6 is 0 Å². The van der Waals surface area contributed by atoms with Gasteiger partial charge in [0.05, 0.1) is 11.8 Å². The van der Waals surface area contributed by atoms with Crippen molar-refractivity contribution in [1.82, 2.24) is 5.43 Å². The van der Waals surface area contributed by atoms with E-state index in [4.69, 9.17) is 5.84 Å². The highest BCUT2D eigenvalue weighted by Crippen LogP contribution is 2.43. The smallest absolute Gasteiger partial charge is 0.249 e. The average molecular weight is 311 g/mol. The van der Waals surface area contributed by atoms with Gasteiger partial charge in [0, 0.05) is 18.5 Å². The van der Waals surface area contributed by atoms with Crippen molar-refractivity contribution in [3.05, 3.63) is 29.3 Å². The van der Waals surface area contributed by atoms with Crippen molar-refractivity contribution in [2.24, 2.45) is 17.7 Å². The van der Waals surface area contributed by atoms with Crippen LogP contribution < -0.4 is 16.6 Å². The first-order valence-electron chi connectivity index (χ1n) is 7.00. The van der Waals surface area contributed by atoms with Gasteiger partial charge in [0.25, 0.3) is 0 Å². The molecule has 0 heterocycles. The first kappa shape index (κ1) is 16.4. The van der Waals surface area contributed by atoms with E-state index in [9.17, 15) is 18.4 Å². The molecule has 0 unspecified atom stereocenters. The quantitative estimate of drug-likeness (QED) is 0.453. The number of carbonyl (C=O) groups excluding carboxylic acids is 2. The van der Waals surface area contributed by atoms with Gasteiger partial charge in [-0.1, -0.05) is 17.7 Å². The Hall–Kier alpha value is -2.02. The number of nitrogens with two attached hydrogens (primary N) is 1. The van der Waals surface area contributed by atoms with E-state index in [1.165, 1.54) is 0 Å². The van der Waals surface area contributed by atoms with Crippen molar-refractivity contribution < 1.29 is 18.4 Å². The van der Waals surface area contributed by atoms with Crippen molar-refractivity contribution in [3.63, 3.8) is 0 Å². The van der Waals surface area contributed by atoms with Crippen molar-refractivity contribution >= 4 is 17.5 Å². The summed E-state index contributed by atoms with van der Waals surface area (Å²) in [6.07, 6.45) is -1.32. The summed E-state index contributed by atoms with van der Waals surface area (Å²) in [6, 6.07) is 5.41. The van der Waals surface area contributed by atoms with Crippen LogP contribution in [0.1, 0.15) is 24.0 Å². The lowest BCUT2D eigenvalue weighted by atomic mass is 9.94. The van der Waals surface area contributed by atoms with Gasteiger partial charge in [-0.2, -0.15) is 0 Å². The minimum atomic E-state index is -3.04. The number of aryl methyl sites for hydroxylation is 2. The fourth-order valence-electron chi connectivity index (χ4n) is 2.85. The zero-order valence-electron chi connectivity index (χ0n) is 12.5. The molecule has 1 saturated carbocycles. The second kappa shape index (κ2) is 6.00. The molecule has 2 rings (SSSR count). The van der Waals surface area contributed by atoms with E-state index in [1.807, 2.05) is 31.4 Å². The summed E-state index contributed by atoms with van der Waals surface area (Å²) in [5.41, 5.74) is 4.28. The maximum atomic E-state index is 13.6. The Labute approximate surface area is 127 Å². The van der Waals surface area contributed by atoms with Crippen LogP contribution in [-0.4, -0.2) is 17.7 Å². The molecule has 22 heavy (non-hydrogen) atoms. The Morgan fingerprint density at radius 1 is 1.18 bits per heavy atom. The van der Waals surface area contributed by atoms with E-state index in [-0.39, 0.29) is 0 Å². The standard InChI is InChI=1S/C15H19F2N3O2/c1-8-3-4-12(9(2)5-8)19-13(21)10-6-15(16,17)7-11(10)14(22)20-18/h3-5,10-11H,6-7,18H2,1-2H3,(H,19,21)(H,20,22)/t10-,11-/m0/s1. The van der Waals surface area contributed by atoms with Crippen molar-refractivity contribution in [2.75, 3.05) is 5.32 Å². The third-order valence-electron chi connectivity index (χ3n) is 3.98. The molecular formula is C15H19F2N3O2. The molecular weight excluding hydrogens is 292 g/mol. The van der Waals surface area contributed by atoms with Crippen LogP contribution in [0.15, 0.2) is 18.2 Å². The summed E-state index contributed by atoms with van der Waals surface area (Å²) >= 11 is 0. The van der Waals surface area contributed by atoms with E-state index < -0.39 is 42.4 Å². The number of halogens is 2. The molecule has 2 amide bonds. The number of anilines is 1. The number of rotatable bonds is 3. The highest BCUT2D eigenvalue weighted by molar-refractivity contribution is 5.97. The lowest BCUT2D eigenvalue weighted by molar-refractivity contribution is -0.131. The number of carbonyl (C=O) groups is 2. The van der Waals surface area contributed by atoms with Crippen LogP contribution in [0.4, 0.5) is 14.5 Å². The molecule has 1 aromatic rings. The fraction of sp³-hybridized carbons (Fsp3) is 0.467. The predicted octanol–water partition coefficient (Wildman–Crippen LogP) is 1.89. The Balaban J connectivity index is 2.18. The van der Waals surface area contributed by atoms with Crippen LogP contribution in [0.3, 0.4) is 0 Å². The predicted molar refractivity (Wildman–Crippen MR) is 78.0 cm³/mol. The van der Waals surface area contributed by atoms with Gasteiger partial charge in [-0.05, 0) is 25.5 Å². The van der Waals surface area contributed by atoms with Gasteiger partial charge in [-0.15, -0.1) is 0 Å².